The summed E-state index contributed by atoms with van der Waals surface area (Å²) in [6.45, 7) is 10.2. The van der Waals surface area contributed by atoms with Crippen molar-refractivity contribution < 1.29 is 9.32 Å². The predicted molar refractivity (Wildman–Crippen MR) is 126 cm³/mol. The first-order chi connectivity index (χ1) is 14.9. The molecule has 0 aliphatic rings. The average Bonchev–Trinajstić information content (AvgIpc) is 3.25. The van der Waals surface area contributed by atoms with Gasteiger partial charge in [0.1, 0.15) is 5.76 Å². The first-order valence-corrected chi connectivity index (χ1v) is 10.4. The van der Waals surface area contributed by atoms with Crippen molar-refractivity contribution in [1.82, 2.24) is 10.1 Å². The highest BCUT2D eigenvalue weighted by Crippen LogP contribution is 2.26. The lowest BCUT2D eigenvalue weighted by Gasteiger charge is -2.12. The molecule has 4 rings (SSSR count). The lowest BCUT2D eigenvalue weighted by atomic mass is 9.93. The lowest BCUT2D eigenvalue weighted by molar-refractivity contribution is 0.102. The highest BCUT2D eigenvalue weighted by Gasteiger charge is 2.19. The monoisotopic (exact) mass is 416 g/mol. The highest BCUT2D eigenvalue weighted by atomic mass is 16.5. The fourth-order valence-electron chi connectivity index (χ4n) is 2.87. The number of aromatic nitrogens is 2. The molecule has 6 nitrogen and oxygen atoms in total. The zero-order valence-electron chi connectivity index (χ0n) is 18.6. The number of hydrogen-bond acceptors (Lipinski definition) is 5. The summed E-state index contributed by atoms with van der Waals surface area (Å²) in [6.07, 6.45) is 1.59. The van der Waals surface area contributed by atoms with Crippen molar-refractivity contribution in [3.05, 3.63) is 78.2 Å². The first-order valence-electron chi connectivity index (χ1n) is 10.4. The standard InChI is InChI=1S/C23H22N4O2.C2H6/c1-23(2,3)20-13-21(27-29-20)25-17-8-10-18(11-9-17)26-22(28)16-12-15-6-4-5-7-19(15)24-14-16;1-2/h4-14H,1-3H3,(H,25,27)(H,26,28);1-2H3. The van der Waals surface area contributed by atoms with E-state index in [-0.39, 0.29) is 11.3 Å². The van der Waals surface area contributed by atoms with Gasteiger partial charge in [-0.05, 0) is 36.4 Å². The molecule has 2 heterocycles. The molecule has 2 aromatic carbocycles. The van der Waals surface area contributed by atoms with E-state index in [1.165, 1.54) is 0 Å². The van der Waals surface area contributed by atoms with Crippen molar-refractivity contribution in [1.29, 1.82) is 0 Å². The van der Waals surface area contributed by atoms with Gasteiger partial charge in [-0.3, -0.25) is 9.78 Å². The van der Waals surface area contributed by atoms with Crippen LogP contribution < -0.4 is 10.6 Å². The van der Waals surface area contributed by atoms with Crippen LogP contribution >= 0.6 is 0 Å². The molecule has 0 unspecified atom stereocenters. The molecule has 31 heavy (non-hydrogen) atoms. The maximum absolute atomic E-state index is 12.5. The maximum Gasteiger partial charge on any atom is 0.257 e. The smallest absolute Gasteiger partial charge is 0.257 e. The maximum atomic E-state index is 12.5. The fourth-order valence-corrected chi connectivity index (χ4v) is 2.87. The van der Waals surface area contributed by atoms with Crippen molar-refractivity contribution in [2.75, 3.05) is 10.6 Å². The van der Waals surface area contributed by atoms with Gasteiger partial charge in [0.2, 0.25) is 0 Å². The van der Waals surface area contributed by atoms with Gasteiger partial charge in [0.05, 0.1) is 11.1 Å². The van der Waals surface area contributed by atoms with Crippen LogP contribution in [0.2, 0.25) is 0 Å². The van der Waals surface area contributed by atoms with Crippen molar-refractivity contribution in [2.45, 2.75) is 40.0 Å². The lowest BCUT2D eigenvalue weighted by Crippen LogP contribution is -2.12. The summed E-state index contributed by atoms with van der Waals surface area (Å²) in [4.78, 5) is 16.9. The Bertz CT molecular complexity index is 1160. The topological polar surface area (TPSA) is 80.0 Å². The van der Waals surface area contributed by atoms with E-state index >= 15 is 0 Å². The summed E-state index contributed by atoms with van der Waals surface area (Å²) < 4.78 is 5.38. The molecule has 6 heteroatoms. The van der Waals surface area contributed by atoms with Gasteiger partial charge < -0.3 is 15.2 Å². The van der Waals surface area contributed by atoms with E-state index in [0.29, 0.717) is 17.1 Å². The Hall–Kier alpha value is -3.67. The van der Waals surface area contributed by atoms with E-state index in [9.17, 15) is 4.79 Å². The van der Waals surface area contributed by atoms with E-state index in [4.69, 9.17) is 4.52 Å². The van der Waals surface area contributed by atoms with Crippen LogP contribution in [0.5, 0.6) is 0 Å². The SMILES string of the molecule is CC.CC(C)(C)c1cc(Nc2ccc(NC(=O)c3cnc4ccccc4c3)cc2)no1. The third-order valence-corrected chi connectivity index (χ3v) is 4.52. The second kappa shape index (κ2) is 9.43. The number of pyridine rings is 1. The van der Waals surface area contributed by atoms with Crippen molar-refractivity contribution in [3.8, 4) is 0 Å². The number of carbonyl (C=O) groups is 1. The minimum absolute atomic E-state index is 0.0985. The molecule has 0 atom stereocenters. The van der Waals surface area contributed by atoms with Gasteiger partial charge in [0.15, 0.2) is 5.82 Å². The van der Waals surface area contributed by atoms with Crippen LogP contribution in [0.15, 0.2) is 71.4 Å². The fraction of sp³-hybridized carbons (Fsp3) is 0.240. The Balaban J connectivity index is 0.00000132. The Morgan fingerprint density at radius 2 is 1.61 bits per heavy atom. The van der Waals surface area contributed by atoms with Crippen LogP contribution in [0, 0.1) is 0 Å². The number of hydrogen-bond donors (Lipinski definition) is 2. The normalized spacial score (nSPS) is 10.9. The summed E-state index contributed by atoms with van der Waals surface area (Å²) in [6, 6.07) is 18.9. The van der Waals surface area contributed by atoms with Crippen LogP contribution in [0.1, 0.15) is 50.7 Å². The molecule has 4 aromatic rings. The summed E-state index contributed by atoms with van der Waals surface area (Å²) in [7, 11) is 0. The van der Waals surface area contributed by atoms with Crippen LogP contribution in [-0.4, -0.2) is 16.0 Å². The van der Waals surface area contributed by atoms with Crippen molar-refractivity contribution in [3.63, 3.8) is 0 Å². The molecule has 0 bridgehead atoms. The molecule has 0 aliphatic carbocycles. The van der Waals surface area contributed by atoms with Crippen LogP contribution in [-0.2, 0) is 5.41 Å². The zero-order valence-corrected chi connectivity index (χ0v) is 18.6. The average molecular weight is 417 g/mol. The van der Waals surface area contributed by atoms with E-state index < -0.39 is 0 Å². The van der Waals surface area contributed by atoms with E-state index in [2.05, 4.69) is 41.5 Å². The summed E-state index contributed by atoms with van der Waals surface area (Å²) in [5, 5.41) is 11.1. The first kappa shape index (κ1) is 22.0. The van der Waals surface area contributed by atoms with Gasteiger partial charge >= 0.3 is 0 Å². The summed E-state index contributed by atoms with van der Waals surface area (Å²) in [5.74, 6) is 1.26. The Labute approximate surface area is 182 Å². The predicted octanol–water partition coefficient (Wildman–Crippen LogP) is 6.54. The largest absolute Gasteiger partial charge is 0.359 e. The number of nitrogens with one attached hydrogen (secondary N) is 2. The van der Waals surface area contributed by atoms with Gasteiger partial charge in [-0.25, -0.2) is 0 Å². The quantitative estimate of drug-likeness (QED) is 0.395. The molecule has 160 valence electrons. The molecule has 0 fully saturated rings. The van der Waals surface area contributed by atoms with E-state index in [1.54, 1.807) is 6.20 Å². The van der Waals surface area contributed by atoms with Crippen LogP contribution in [0.3, 0.4) is 0 Å². The molecule has 0 aliphatic heterocycles. The molecule has 2 N–H and O–H groups in total. The van der Waals surface area contributed by atoms with E-state index in [1.807, 2.05) is 74.5 Å². The Morgan fingerprint density at radius 3 is 2.29 bits per heavy atom. The van der Waals surface area contributed by atoms with Crippen molar-refractivity contribution >= 4 is 34.0 Å². The molecule has 1 amide bonds. The molecule has 0 radical (unpaired) electrons. The van der Waals surface area contributed by atoms with Gasteiger partial charge in [0, 0.05) is 34.4 Å². The molecule has 2 aromatic heterocycles. The number of anilines is 3. The van der Waals surface area contributed by atoms with E-state index in [0.717, 1.165) is 22.4 Å². The Kier molecular flexibility index (Phi) is 6.70. The molecule has 0 saturated heterocycles. The number of para-hydroxylation sites is 1. The molecular formula is C25H28N4O2. The third kappa shape index (κ3) is 5.48. The number of benzene rings is 2. The molecular weight excluding hydrogens is 388 g/mol. The molecule has 0 spiro atoms. The minimum Gasteiger partial charge on any atom is -0.359 e. The summed E-state index contributed by atoms with van der Waals surface area (Å²) >= 11 is 0. The second-order valence-electron chi connectivity index (χ2n) is 7.90. The van der Waals surface area contributed by atoms with Crippen molar-refractivity contribution in [2.24, 2.45) is 0 Å². The number of nitrogens with zero attached hydrogens (tertiary/aromatic N) is 2. The molecule has 0 saturated carbocycles. The number of rotatable bonds is 4. The highest BCUT2D eigenvalue weighted by molar-refractivity contribution is 6.05. The Morgan fingerprint density at radius 1 is 0.935 bits per heavy atom. The second-order valence-corrected chi connectivity index (χ2v) is 7.90. The third-order valence-electron chi connectivity index (χ3n) is 4.52. The summed E-state index contributed by atoms with van der Waals surface area (Å²) in [5.41, 5.74) is 2.83. The minimum atomic E-state index is -0.199. The van der Waals surface area contributed by atoms with Gasteiger partial charge in [-0.2, -0.15) is 0 Å². The number of amides is 1. The van der Waals surface area contributed by atoms with Gasteiger partial charge in [0.25, 0.3) is 5.91 Å². The van der Waals surface area contributed by atoms with Crippen LogP contribution in [0.25, 0.3) is 10.9 Å². The van der Waals surface area contributed by atoms with Gasteiger partial charge in [-0.1, -0.05) is 58.0 Å². The number of fused-ring (bicyclic) bond motifs is 1. The van der Waals surface area contributed by atoms with Crippen LogP contribution in [0.4, 0.5) is 17.2 Å². The zero-order chi connectivity index (χ0) is 22.4. The number of carbonyl (C=O) groups excluding carboxylic acids is 1. The van der Waals surface area contributed by atoms with Gasteiger partial charge in [-0.15, -0.1) is 0 Å².